The number of aromatic nitrogens is 2. The molecule has 1 aromatic carbocycles. The van der Waals surface area contributed by atoms with E-state index in [0.29, 0.717) is 28.8 Å². The van der Waals surface area contributed by atoms with Crippen LogP contribution >= 0.6 is 0 Å². The molecule has 2 N–H and O–H groups in total. The Morgan fingerprint density at radius 3 is 2.58 bits per heavy atom. The number of hydrogen-bond acceptors (Lipinski definition) is 4. The van der Waals surface area contributed by atoms with E-state index in [1.807, 2.05) is 6.92 Å². The van der Waals surface area contributed by atoms with E-state index in [1.54, 1.807) is 30.7 Å². The first kappa shape index (κ1) is 13.2. The van der Waals surface area contributed by atoms with Gasteiger partial charge in [0.1, 0.15) is 0 Å². The van der Waals surface area contributed by atoms with E-state index in [-0.39, 0.29) is 12.3 Å². The van der Waals surface area contributed by atoms with Gasteiger partial charge in [-0.3, -0.25) is 9.13 Å². The van der Waals surface area contributed by atoms with E-state index >= 15 is 0 Å². The molecule has 6 nitrogen and oxygen atoms in total. The zero-order valence-corrected chi connectivity index (χ0v) is 11.3. The lowest BCUT2D eigenvalue weighted by Crippen LogP contribution is -2.21. The minimum Gasteiger partial charge on any atom is -0.462 e. The predicted octanol–water partition coefficient (Wildman–Crippen LogP) is 1.12. The molecule has 0 amide bonds. The summed E-state index contributed by atoms with van der Waals surface area (Å²) in [6.07, 6.45) is 0. The Morgan fingerprint density at radius 1 is 1.32 bits per heavy atom. The number of benzene rings is 1. The number of anilines is 1. The Bertz CT molecular complexity index is 697. The summed E-state index contributed by atoms with van der Waals surface area (Å²) in [6.45, 7) is 4.42. The maximum Gasteiger partial charge on any atom is 0.340 e. The number of esters is 1. The van der Waals surface area contributed by atoms with Gasteiger partial charge < -0.3 is 10.5 Å². The molecule has 0 radical (unpaired) electrons. The number of carbonyl (C=O) groups is 1. The quantitative estimate of drug-likeness (QED) is 0.664. The standard InChI is InChI=1S/C13H17N3O3/c1-4-16-11-6-8(12(17)19-5-2)9(14)7-10(11)15(3)13(16)18/h6-7H,4-5,14H2,1-3H3. The summed E-state index contributed by atoms with van der Waals surface area (Å²) in [4.78, 5) is 23.8. The van der Waals surface area contributed by atoms with E-state index in [1.165, 1.54) is 4.57 Å². The van der Waals surface area contributed by atoms with Crippen LogP contribution in [0.25, 0.3) is 11.0 Å². The van der Waals surface area contributed by atoms with Crippen molar-refractivity contribution in [2.45, 2.75) is 20.4 Å². The van der Waals surface area contributed by atoms with Crippen molar-refractivity contribution in [3.05, 3.63) is 28.2 Å². The average Bonchev–Trinajstić information content (AvgIpc) is 2.61. The van der Waals surface area contributed by atoms with Crippen LogP contribution in [0.1, 0.15) is 24.2 Å². The molecule has 6 heteroatoms. The van der Waals surface area contributed by atoms with Crippen LogP contribution in [0, 0.1) is 0 Å². The van der Waals surface area contributed by atoms with Crippen molar-refractivity contribution in [2.24, 2.45) is 7.05 Å². The number of nitrogen functional groups attached to an aromatic ring is 1. The van der Waals surface area contributed by atoms with Crippen molar-refractivity contribution in [1.82, 2.24) is 9.13 Å². The van der Waals surface area contributed by atoms with Crippen LogP contribution < -0.4 is 11.4 Å². The largest absolute Gasteiger partial charge is 0.462 e. The SMILES string of the molecule is CCOC(=O)c1cc2c(cc1N)n(C)c(=O)n2CC. The van der Waals surface area contributed by atoms with E-state index in [9.17, 15) is 9.59 Å². The molecule has 0 saturated heterocycles. The number of rotatable bonds is 3. The number of carbonyl (C=O) groups excluding carboxylic acids is 1. The summed E-state index contributed by atoms with van der Waals surface area (Å²) < 4.78 is 8.07. The van der Waals surface area contributed by atoms with Crippen LogP contribution in [0.4, 0.5) is 5.69 Å². The van der Waals surface area contributed by atoms with Crippen molar-refractivity contribution < 1.29 is 9.53 Å². The number of nitrogens with two attached hydrogens (primary N) is 1. The Labute approximate surface area is 110 Å². The fourth-order valence-corrected chi connectivity index (χ4v) is 2.16. The molecule has 2 aromatic rings. The fraction of sp³-hybridized carbons (Fsp3) is 0.385. The molecular formula is C13H17N3O3. The molecule has 0 aliphatic carbocycles. The van der Waals surface area contributed by atoms with Gasteiger partial charge in [-0.05, 0) is 26.0 Å². The van der Waals surface area contributed by atoms with Crippen molar-refractivity contribution >= 4 is 22.7 Å². The fourth-order valence-electron chi connectivity index (χ4n) is 2.16. The number of ether oxygens (including phenoxy) is 1. The maximum absolute atomic E-state index is 12.0. The first-order valence-electron chi connectivity index (χ1n) is 6.17. The summed E-state index contributed by atoms with van der Waals surface area (Å²) >= 11 is 0. The Hall–Kier alpha value is -2.24. The molecule has 0 aliphatic rings. The molecule has 0 aliphatic heterocycles. The van der Waals surface area contributed by atoms with Gasteiger partial charge in [0.2, 0.25) is 0 Å². The van der Waals surface area contributed by atoms with Crippen molar-refractivity contribution in [3.8, 4) is 0 Å². The molecule has 0 spiro atoms. The summed E-state index contributed by atoms with van der Waals surface area (Å²) in [5.74, 6) is -0.471. The van der Waals surface area contributed by atoms with E-state index in [2.05, 4.69) is 0 Å². The molecule has 0 bridgehead atoms. The number of aryl methyl sites for hydroxylation is 2. The number of imidazole rings is 1. The second kappa shape index (κ2) is 4.79. The second-order valence-electron chi connectivity index (χ2n) is 4.23. The second-order valence-corrected chi connectivity index (χ2v) is 4.23. The zero-order valence-electron chi connectivity index (χ0n) is 11.3. The van der Waals surface area contributed by atoms with Crippen molar-refractivity contribution in [2.75, 3.05) is 12.3 Å². The summed E-state index contributed by atoms with van der Waals surface area (Å²) in [5.41, 5.74) is 7.74. The van der Waals surface area contributed by atoms with Gasteiger partial charge in [0.15, 0.2) is 0 Å². The lowest BCUT2D eigenvalue weighted by Gasteiger charge is -2.06. The van der Waals surface area contributed by atoms with Gasteiger partial charge in [-0.2, -0.15) is 0 Å². The monoisotopic (exact) mass is 263 g/mol. The van der Waals surface area contributed by atoms with Crippen LogP contribution in [-0.2, 0) is 18.3 Å². The lowest BCUT2D eigenvalue weighted by atomic mass is 10.1. The molecule has 1 aromatic heterocycles. The highest BCUT2D eigenvalue weighted by Crippen LogP contribution is 2.22. The number of fused-ring (bicyclic) bond motifs is 1. The minimum absolute atomic E-state index is 0.127. The highest BCUT2D eigenvalue weighted by atomic mass is 16.5. The number of nitrogens with zero attached hydrogens (tertiary/aromatic N) is 2. The van der Waals surface area contributed by atoms with Gasteiger partial charge in [0, 0.05) is 19.3 Å². The van der Waals surface area contributed by atoms with Crippen molar-refractivity contribution in [1.29, 1.82) is 0 Å². The van der Waals surface area contributed by atoms with Crippen LogP contribution in [-0.4, -0.2) is 21.7 Å². The summed E-state index contributed by atoms with van der Waals surface area (Å²) in [5, 5.41) is 0. The van der Waals surface area contributed by atoms with Gasteiger partial charge >= 0.3 is 11.7 Å². The van der Waals surface area contributed by atoms with E-state index in [4.69, 9.17) is 10.5 Å². The van der Waals surface area contributed by atoms with E-state index < -0.39 is 5.97 Å². The van der Waals surface area contributed by atoms with Gasteiger partial charge in [0.25, 0.3) is 0 Å². The normalized spacial score (nSPS) is 10.9. The molecule has 0 atom stereocenters. The molecule has 2 rings (SSSR count). The average molecular weight is 263 g/mol. The Kier molecular flexibility index (Phi) is 3.33. The van der Waals surface area contributed by atoms with Gasteiger partial charge in [0.05, 0.1) is 23.2 Å². The Morgan fingerprint density at radius 2 is 2.00 bits per heavy atom. The minimum atomic E-state index is -0.471. The Balaban J connectivity index is 2.74. The van der Waals surface area contributed by atoms with Crippen LogP contribution in [0.3, 0.4) is 0 Å². The molecule has 0 unspecified atom stereocenters. The molecule has 102 valence electrons. The zero-order chi connectivity index (χ0) is 14.2. The van der Waals surface area contributed by atoms with E-state index in [0.717, 1.165) is 0 Å². The molecule has 19 heavy (non-hydrogen) atoms. The summed E-state index contributed by atoms with van der Waals surface area (Å²) in [7, 11) is 1.68. The third kappa shape index (κ3) is 1.99. The van der Waals surface area contributed by atoms with Crippen LogP contribution in [0.2, 0.25) is 0 Å². The highest BCUT2D eigenvalue weighted by Gasteiger charge is 2.16. The van der Waals surface area contributed by atoms with Crippen LogP contribution in [0.5, 0.6) is 0 Å². The third-order valence-electron chi connectivity index (χ3n) is 3.13. The van der Waals surface area contributed by atoms with Crippen molar-refractivity contribution in [3.63, 3.8) is 0 Å². The predicted molar refractivity (Wildman–Crippen MR) is 73.2 cm³/mol. The third-order valence-corrected chi connectivity index (χ3v) is 3.13. The molecule has 0 saturated carbocycles. The van der Waals surface area contributed by atoms with Gasteiger partial charge in [-0.25, -0.2) is 9.59 Å². The first-order chi connectivity index (χ1) is 9.01. The number of hydrogen-bond donors (Lipinski definition) is 1. The van der Waals surface area contributed by atoms with Gasteiger partial charge in [-0.15, -0.1) is 0 Å². The molecular weight excluding hydrogens is 246 g/mol. The molecule has 1 heterocycles. The smallest absolute Gasteiger partial charge is 0.340 e. The molecule has 0 fully saturated rings. The lowest BCUT2D eigenvalue weighted by molar-refractivity contribution is 0.0528. The van der Waals surface area contributed by atoms with Crippen LogP contribution in [0.15, 0.2) is 16.9 Å². The summed E-state index contributed by atoms with van der Waals surface area (Å²) in [6, 6.07) is 3.25. The highest BCUT2D eigenvalue weighted by molar-refractivity contribution is 5.99. The maximum atomic E-state index is 12.0. The first-order valence-corrected chi connectivity index (χ1v) is 6.17. The van der Waals surface area contributed by atoms with Gasteiger partial charge in [-0.1, -0.05) is 0 Å². The topological polar surface area (TPSA) is 79.2 Å².